The second-order valence-corrected chi connectivity index (χ2v) is 5.49. The molecule has 0 saturated heterocycles. The minimum Gasteiger partial charge on any atom is -0.467 e. The summed E-state index contributed by atoms with van der Waals surface area (Å²) in [5, 5.41) is 5.09. The molecule has 7 nitrogen and oxygen atoms in total. The number of methoxy groups -OCH3 is 1. The number of ether oxygens (including phenoxy) is 1. The molecule has 25 heavy (non-hydrogen) atoms. The molecule has 2 rings (SSSR count). The van der Waals surface area contributed by atoms with E-state index in [0.29, 0.717) is 5.02 Å². The van der Waals surface area contributed by atoms with Crippen molar-refractivity contribution in [2.24, 2.45) is 0 Å². The van der Waals surface area contributed by atoms with E-state index in [9.17, 15) is 14.4 Å². The Morgan fingerprint density at radius 2 is 1.84 bits per heavy atom. The normalized spacial score (nSPS) is 11.3. The van der Waals surface area contributed by atoms with Crippen LogP contribution in [0.3, 0.4) is 0 Å². The number of pyridine rings is 1. The number of hydrogen-bond donors (Lipinski definition) is 2. The van der Waals surface area contributed by atoms with Crippen LogP contribution in [0.1, 0.15) is 5.56 Å². The summed E-state index contributed by atoms with van der Waals surface area (Å²) in [6, 6.07) is 11.1. The van der Waals surface area contributed by atoms with E-state index in [1.807, 2.05) is 18.2 Å². The van der Waals surface area contributed by atoms with Crippen molar-refractivity contribution in [1.29, 1.82) is 0 Å². The monoisotopic (exact) mass is 361 g/mol. The summed E-state index contributed by atoms with van der Waals surface area (Å²) in [5.41, 5.74) is 0.818. The number of aromatic nitrogens is 1. The smallest absolute Gasteiger partial charge is 0.328 e. The number of hydrogen-bond acceptors (Lipinski definition) is 5. The molecule has 1 heterocycles. The Labute approximate surface area is 149 Å². The predicted molar refractivity (Wildman–Crippen MR) is 92.0 cm³/mol. The molecule has 2 aromatic rings. The predicted octanol–water partition coefficient (Wildman–Crippen LogP) is 1.57. The lowest BCUT2D eigenvalue weighted by atomic mass is 10.1. The first-order valence-corrected chi connectivity index (χ1v) is 7.72. The van der Waals surface area contributed by atoms with Crippen LogP contribution in [0.2, 0.25) is 5.02 Å². The fourth-order valence-electron chi connectivity index (χ4n) is 2.03. The summed E-state index contributed by atoms with van der Waals surface area (Å²) < 4.78 is 4.68. The molecule has 2 amide bonds. The maximum atomic E-state index is 12.1. The van der Waals surface area contributed by atoms with Crippen molar-refractivity contribution in [1.82, 2.24) is 10.3 Å². The molecule has 2 N–H and O–H groups in total. The zero-order chi connectivity index (χ0) is 18.2. The molecule has 0 aliphatic carbocycles. The second-order valence-electron chi connectivity index (χ2n) is 5.05. The number of esters is 1. The zero-order valence-electron chi connectivity index (χ0n) is 13.4. The third kappa shape index (κ3) is 5.58. The Balaban J connectivity index is 2.01. The van der Waals surface area contributed by atoms with Crippen molar-refractivity contribution in [3.63, 3.8) is 0 Å². The number of anilines is 1. The van der Waals surface area contributed by atoms with E-state index in [1.165, 1.54) is 25.4 Å². The summed E-state index contributed by atoms with van der Waals surface area (Å²) >= 11 is 5.70. The van der Waals surface area contributed by atoms with Crippen LogP contribution in [0.15, 0.2) is 48.7 Å². The summed E-state index contributed by atoms with van der Waals surface area (Å²) in [7, 11) is 1.21. The van der Waals surface area contributed by atoms with Crippen LogP contribution in [0.5, 0.6) is 0 Å². The molecule has 0 saturated carbocycles. The van der Waals surface area contributed by atoms with Gasteiger partial charge < -0.3 is 15.4 Å². The lowest BCUT2D eigenvalue weighted by Crippen LogP contribution is -2.47. The van der Waals surface area contributed by atoms with Gasteiger partial charge in [-0.25, -0.2) is 9.78 Å². The largest absolute Gasteiger partial charge is 0.467 e. The van der Waals surface area contributed by atoms with Gasteiger partial charge >= 0.3 is 17.8 Å². The lowest BCUT2D eigenvalue weighted by Gasteiger charge is -2.16. The average molecular weight is 362 g/mol. The van der Waals surface area contributed by atoms with Crippen LogP contribution in [0.25, 0.3) is 0 Å². The van der Waals surface area contributed by atoms with Crippen LogP contribution in [-0.2, 0) is 25.5 Å². The Hall–Kier alpha value is -2.93. The fraction of sp³-hybridized carbons (Fsp3) is 0.176. The highest BCUT2D eigenvalue weighted by Gasteiger charge is 2.25. The van der Waals surface area contributed by atoms with Gasteiger partial charge in [-0.2, -0.15) is 0 Å². The number of carbonyl (C=O) groups excluding carboxylic acids is 3. The van der Waals surface area contributed by atoms with Gasteiger partial charge in [0.05, 0.1) is 12.1 Å². The highest BCUT2D eigenvalue weighted by molar-refractivity contribution is 6.39. The summed E-state index contributed by atoms with van der Waals surface area (Å²) in [5.74, 6) is -2.39. The van der Waals surface area contributed by atoms with E-state index in [4.69, 9.17) is 11.6 Å². The third-order valence-corrected chi connectivity index (χ3v) is 3.47. The molecule has 130 valence electrons. The standard InChI is InChI=1S/C17H16ClN3O4/c1-25-17(24)13(9-11-5-3-2-4-6-11)20-15(22)16(23)21-14-8-7-12(18)10-19-14/h2-8,10,13H,9H2,1H3,(H,20,22)(H,19,21,23)/t13-/m0/s1. The molecule has 0 bridgehead atoms. The molecule has 0 radical (unpaired) electrons. The van der Waals surface area contributed by atoms with Crippen molar-refractivity contribution >= 4 is 35.2 Å². The van der Waals surface area contributed by atoms with E-state index in [0.717, 1.165) is 5.56 Å². The number of rotatable bonds is 5. The fourth-order valence-corrected chi connectivity index (χ4v) is 2.14. The molecule has 1 atom stereocenters. The molecule has 0 unspecified atom stereocenters. The number of benzene rings is 1. The number of nitrogens with zero attached hydrogens (tertiary/aromatic N) is 1. The molecular weight excluding hydrogens is 346 g/mol. The van der Waals surface area contributed by atoms with Gasteiger partial charge in [-0.15, -0.1) is 0 Å². The van der Waals surface area contributed by atoms with E-state index in [1.54, 1.807) is 12.1 Å². The van der Waals surface area contributed by atoms with Crippen molar-refractivity contribution < 1.29 is 19.1 Å². The Kier molecular flexibility index (Phi) is 6.47. The van der Waals surface area contributed by atoms with Gasteiger partial charge in [0.25, 0.3) is 0 Å². The SMILES string of the molecule is COC(=O)[C@H](Cc1ccccc1)NC(=O)C(=O)Nc1ccc(Cl)cn1. The maximum absolute atomic E-state index is 12.1. The van der Waals surface area contributed by atoms with Crippen molar-refractivity contribution in [2.45, 2.75) is 12.5 Å². The third-order valence-electron chi connectivity index (χ3n) is 3.25. The summed E-state index contributed by atoms with van der Waals surface area (Å²) in [6.07, 6.45) is 1.54. The Bertz CT molecular complexity index is 750. The number of halogens is 1. The van der Waals surface area contributed by atoms with Crippen molar-refractivity contribution in [3.8, 4) is 0 Å². The minimum atomic E-state index is -0.983. The first-order chi connectivity index (χ1) is 12.0. The summed E-state index contributed by atoms with van der Waals surface area (Å²) in [6.45, 7) is 0. The van der Waals surface area contributed by atoms with E-state index in [-0.39, 0.29) is 12.2 Å². The van der Waals surface area contributed by atoms with Crippen LogP contribution < -0.4 is 10.6 Å². The van der Waals surface area contributed by atoms with Crippen molar-refractivity contribution in [2.75, 3.05) is 12.4 Å². The lowest BCUT2D eigenvalue weighted by molar-refractivity contribution is -0.146. The molecule has 0 aliphatic rings. The minimum absolute atomic E-state index is 0.169. The highest BCUT2D eigenvalue weighted by Crippen LogP contribution is 2.09. The van der Waals surface area contributed by atoms with Crippen molar-refractivity contribution in [3.05, 3.63) is 59.2 Å². The number of amides is 2. The van der Waals surface area contributed by atoms with Crippen LogP contribution in [0, 0.1) is 0 Å². The molecule has 0 aliphatic heterocycles. The van der Waals surface area contributed by atoms with Gasteiger partial charge in [-0.05, 0) is 17.7 Å². The average Bonchev–Trinajstić information content (AvgIpc) is 2.63. The molecular formula is C17H16ClN3O4. The Morgan fingerprint density at radius 1 is 1.12 bits per heavy atom. The van der Waals surface area contributed by atoms with Gasteiger partial charge in [0, 0.05) is 12.6 Å². The van der Waals surface area contributed by atoms with Gasteiger partial charge in [0.1, 0.15) is 11.9 Å². The van der Waals surface area contributed by atoms with Gasteiger partial charge in [-0.3, -0.25) is 9.59 Å². The van der Waals surface area contributed by atoms with Crippen LogP contribution >= 0.6 is 11.6 Å². The van der Waals surface area contributed by atoms with Crippen LogP contribution in [0.4, 0.5) is 5.82 Å². The first kappa shape index (κ1) is 18.4. The first-order valence-electron chi connectivity index (χ1n) is 7.34. The zero-order valence-corrected chi connectivity index (χ0v) is 14.1. The quantitative estimate of drug-likeness (QED) is 0.622. The molecule has 0 fully saturated rings. The van der Waals surface area contributed by atoms with Gasteiger partial charge in [0.2, 0.25) is 0 Å². The molecule has 1 aromatic heterocycles. The molecule has 8 heteroatoms. The second kappa shape index (κ2) is 8.79. The molecule has 0 spiro atoms. The van der Waals surface area contributed by atoms with E-state index >= 15 is 0 Å². The number of carbonyl (C=O) groups is 3. The summed E-state index contributed by atoms with van der Waals surface area (Å²) in [4.78, 5) is 39.7. The van der Waals surface area contributed by atoms with Gasteiger partial charge in [0.15, 0.2) is 0 Å². The topological polar surface area (TPSA) is 97.4 Å². The maximum Gasteiger partial charge on any atom is 0.328 e. The van der Waals surface area contributed by atoms with E-state index < -0.39 is 23.8 Å². The van der Waals surface area contributed by atoms with E-state index in [2.05, 4.69) is 20.4 Å². The highest BCUT2D eigenvalue weighted by atomic mass is 35.5. The van der Waals surface area contributed by atoms with Gasteiger partial charge in [-0.1, -0.05) is 41.9 Å². The molecule has 1 aromatic carbocycles. The van der Waals surface area contributed by atoms with Crippen LogP contribution in [-0.4, -0.2) is 35.9 Å². The Morgan fingerprint density at radius 3 is 2.44 bits per heavy atom. The number of nitrogens with one attached hydrogen (secondary N) is 2.